The van der Waals surface area contributed by atoms with E-state index in [1.165, 1.54) is 4.90 Å². The maximum Gasteiger partial charge on any atom is 0.326 e. The first-order valence-electron chi connectivity index (χ1n) is 8.05. The van der Waals surface area contributed by atoms with Crippen LogP contribution >= 0.6 is 0 Å². The van der Waals surface area contributed by atoms with E-state index in [4.69, 9.17) is 0 Å². The van der Waals surface area contributed by atoms with Gasteiger partial charge in [-0.1, -0.05) is 13.8 Å². The second kappa shape index (κ2) is 8.87. The van der Waals surface area contributed by atoms with Crippen molar-refractivity contribution in [1.82, 2.24) is 14.7 Å². The molecular weight excluding hydrogens is 270 g/mol. The molecule has 1 aliphatic rings. The van der Waals surface area contributed by atoms with Crippen LogP contribution in [0.4, 0.5) is 4.79 Å². The van der Waals surface area contributed by atoms with Gasteiger partial charge in [-0.25, -0.2) is 9.59 Å². The van der Waals surface area contributed by atoms with Crippen molar-refractivity contribution in [2.24, 2.45) is 0 Å². The summed E-state index contributed by atoms with van der Waals surface area (Å²) in [5, 5.41) is 9.18. The summed E-state index contributed by atoms with van der Waals surface area (Å²) in [5.74, 6) is -0.889. The van der Waals surface area contributed by atoms with E-state index >= 15 is 0 Å². The Labute approximate surface area is 127 Å². The molecule has 6 nitrogen and oxygen atoms in total. The van der Waals surface area contributed by atoms with E-state index in [9.17, 15) is 14.7 Å². The Kier molecular flexibility index (Phi) is 7.50. The number of urea groups is 1. The van der Waals surface area contributed by atoms with Crippen molar-refractivity contribution >= 4 is 12.0 Å². The molecular formula is C15H29N3O3. The molecule has 0 aromatic carbocycles. The smallest absolute Gasteiger partial charge is 0.326 e. The minimum Gasteiger partial charge on any atom is -0.480 e. The van der Waals surface area contributed by atoms with Gasteiger partial charge >= 0.3 is 12.0 Å². The van der Waals surface area contributed by atoms with Crippen molar-refractivity contribution < 1.29 is 14.7 Å². The molecule has 0 radical (unpaired) electrons. The summed E-state index contributed by atoms with van der Waals surface area (Å²) in [7, 11) is 0. The highest BCUT2D eigenvalue weighted by Gasteiger charge is 2.35. The quantitative estimate of drug-likeness (QED) is 0.741. The molecule has 1 heterocycles. The number of carboxylic acid groups (broad SMARTS) is 1. The number of hydrogen-bond acceptors (Lipinski definition) is 3. The number of likely N-dealkylation sites (tertiary alicyclic amines) is 1. The van der Waals surface area contributed by atoms with Crippen LogP contribution in [0.2, 0.25) is 0 Å². The number of carbonyl (C=O) groups excluding carboxylic acids is 1. The SMILES string of the molecule is CCN(CC)CCCN(CC)C(=O)N1CCCC1C(=O)O. The van der Waals surface area contributed by atoms with E-state index in [2.05, 4.69) is 18.7 Å². The van der Waals surface area contributed by atoms with Gasteiger partial charge in [0, 0.05) is 19.6 Å². The third-order valence-corrected chi connectivity index (χ3v) is 4.23. The fraction of sp³-hybridized carbons (Fsp3) is 0.867. The number of amides is 2. The first-order valence-corrected chi connectivity index (χ1v) is 8.05. The molecule has 0 bridgehead atoms. The van der Waals surface area contributed by atoms with E-state index in [-0.39, 0.29) is 6.03 Å². The highest BCUT2D eigenvalue weighted by molar-refractivity contribution is 5.83. The molecule has 21 heavy (non-hydrogen) atoms. The molecule has 2 amide bonds. The number of hydrogen-bond donors (Lipinski definition) is 1. The van der Waals surface area contributed by atoms with Crippen LogP contribution in [-0.4, -0.2) is 77.1 Å². The topological polar surface area (TPSA) is 64.1 Å². The molecule has 1 atom stereocenters. The van der Waals surface area contributed by atoms with E-state index in [1.807, 2.05) is 6.92 Å². The fourth-order valence-electron chi connectivity index (χ4n) is 2.85. The third kappa shape index (κ3) is 4.88. The zero-order valence-corrected chi connectivity index (χ0v) is 13.5. The average Bonchev–Trinajstić information content (AvgIpc) is 2.96. The zero-order chi connectivity index (χ0) is 15.8. The molecule has 0 saturated carbocycles. The Morgan fingerprint density at radius 1 is 1.14 bits per heavy atom. The van der Waals surface area contributed by atoms with Gasteiger partial charge in [0.25, 0.3) is 0 Å². The van der Waals surface area contributed by atoms with Crippen LogP contribution in [-0.2, 0) is 4.79 Å². The maximum atomic E-state index is 12.5. The highest BCUT2D eigenvalue weighted by Crippen LogP contribution is 2.19. The maximum absolute atomic E-state index is 12.5. The number of aliphatic carboxylic acids is 1. The molecule has 1 saturated heterocycles. The van der Waals surface area contributed by atoms with Crippen molar-refractivity contribution in [2.45, 2.75) is 46.1 Å². The first-order chi connectivity index (χ1) is 10.0. The lowest BCUT2D eigenvalue weighted by molar-refractivity contribution is -0.141. The Morgan fingerprint density at radius 3 is 2.33 bits per heavy atom. The standard InChI is InChI=1S/C15H29N3O3/c1-4-16(5-2)10-8-11-17(6-3)15(21)18-12-7-9-13(18)14(19)20/h13H,4-12H2,1-3H3,(H,19,20). The van der Waals surface area contributed by atoms with Crippen LogP contribution in [0.1, 0.15) is 40.0 Å². The van der Waals surface area contributed by atoms with Gasteiger partial charge in [-0.3, -0.25) is 0 Å². The van der Waals surface area contributed by atoms with Crippen LogP contribution in [0.5, 0.6) is 0 Å². The highest BCUT2D eigenvalue weighted by atomic mass is 16.4. The van der Waals surface area contributed by atoms with Gasteiger partial charge < -0.3 is 19.8 Å². The monoisotopic (exact) mass is 299 g/mol. The summed E-state index contributed by atoms with van der Waals surface area (Å²) in [6.45, 7) is 11.1. The minimum atomic E-state index is -0.889. The lowest BCUT2D eigenvalue weighted by Gasteiger charge is -2.30. The molecule has 1 fully saturated rings. The molecule has 0 aromatic heterocycles. The fourth-order valence-corrected chi connectivity index (χ4v) is 2.85. The molecule has 0 spiro atoms. The van der Waals surface area contributed by atoms with Gasteiger partial charge in [-0.15, -0.1) is 0 Å². The Morgan fingerprint density at radius 2 is 1.81 bits per heavy atom. The average molecular weight is 299 g/mol. The van der Waals surface area contributed by atoms with Crippen LogP contribution in [0, 0.1) is 0 Å². The van der Waals surface area contributed by atoms with E-state index in [1.54, 1.807) is 4.90 Å². The van der Waals surface area contributed by atoms with Crippen molar-refractivity contribution in [3.05, 3.63) is 0 Å². The van der Waals surface area contributed by atoms with Crippen molar-refractivity contribution in [3.63, 3.8) is 0 Å². The van der Waals surface area contributed by atoms with Crippen LogP contribution in [0.3, 0.4) is 0 Å². The molecule has 1 N–H and O–H groups in total. The van der Waals surface area contributed by atoms with E-state index < -0.39 is 12.0 Å². The number of nitrogens with zero attached hydrogens (tertiary/aromatic N) is 3. The Hall–Kier alpha value is -1.30. The van der Waals surface area contributed by atoms with E-state index in [0.717, 1.165) is 32.5 Å². The summed E-state index contributed by atoms with van der Waals surface area (Å²) < 4.78 is 0. The van der Waals surface area contributed by atoms with Crippen molar-refractivity contribution in [2.75, 3.05) is 39.3 Å². The van der Waals surface area contributed by atoms with Gasteiger partial charge in [-0.05, 0) is 45.8 Å². The number of rotatable bonds is 8. The van der Waals surface area contributed by atoms with Gasteiger partial charge in [0.05, 0.1) is 0 Å². The lowest BCUT2D eigenvalue weighted by Crippen LogP contribution is -2.48. The molecule has 1 aliphatic heterocycles. The summed E-state index contributed by atoms with van der Waals surface area (Å²) in [5.41, 5.74) is 0. The van der Waals surface area contributed by atoms with Gasteiger partial charge in [-0.2, -0.15) is 0 Å². The van der Waals surface area contributed by atoms with Gasteiger partial charge in [0.1, 0.15) is 6.04 Å². The number of carboxylic acids is 1. The Bertz CT molecular complexity index is 345. The summed E-state index contributed by atoms with van der Waals surface area (Å²) in [6, 6.07) is -0.767. The first kappa shape index (κ1) is 17.8. The largest absolute Gasteiger partial charge is 0.480 e. The van der Waals surface area contributed by atoms with E-state index in [0.29, 0.717) is 26.1 Å². The predicted molar refractivity (Wildman–Crippen MR) is 82.4 cm³/mol. The van der Waals surface area contributed by atoms with Crippen LogP contribution < -0.4 is 0 Å². The third-order valence-electron chi connectivity index (χ3n) is 4.23. The van der Waals surface area contributed by atoms with Crippen molar-refractivity contribution in [1.29, 1.82) is 0 Å². The minimum absolute atomic E-state index is 0.123. The summed E-state index contributed by atoms with van der Waals surface area (Å²) in [4.78, 5) is 29.3. The summed E-state index contributed by atoms with van der Waals surface area (Å²) in [6.07, 6.45) is 2.27. The predicted octanol–water partition coefficient (Wildman–Crippen LogP) is 1.71. The molecule has 122 valence electrons. The van der Waals surface area contributed by atoms with Crippen molar-refractivity contribution in [3.8, 4) is 0 Å². The van der Waals surface area contributed by atoms with Gasteiger partial charge in [0.15, 0.2) is 0 Å². The zero-order valence-electron chi connectivity index (χ0n) is 13.5. The summed E-state index contributed by atoms with van der Waals surface area (Å²) >= 11 is 0. The molecule has 1 unspecified atom stereocenters. The number of carbonyl (C=O) groups is 2. The molecule has 0 aliphatic carbocycles. The lowest BCUT2D eigenvalue weighted by atomic mass is 10.2. The molecule has 1 rings (SSSR count). The molecule has 6 heteroatoms. The second-order valence-electron chi connectivity index (χ2n) is 5.43. The van der Waals surface area contributed by atoms with Crippen LogP contribution in [0.25, 0.3) is 0 Å². The Balaban J connectivity index is 2.51. The van der Waals surface area contributed by atoms with Gasteiger partial charge in [0.2, 0.25) is 0 Å². The molecule has 0 aromatic rings. The van der Waals surface area contributed by atoms with Crippen LogP contribution in [0.15, 0.2) is 0 Å². The second-order valence-corrected chi connectivity index (χ2v) is 5.43. The normalized spacial score (nSPS) is 18.3.